The third-order valence-electron chi connectivity index (χ3n) is 5.02. The Morgan fingerprint density at radius 3 is 2.30 bits per heavy atom. The van der Waals surface area contributed by atoms with E-state index in [-0.39, 0.29) is 17.4 Å². The lowest BCUT2D eigenvalue weighted by molar-refractivity contribution is 0.233. The van der Waals surface area contributed by atoms with E-state index in [0.717, 1.165) is 44.0 Å². The van der Waals surface area contributed by atoms with Crippen LogP contribution in [0.25, 0.3) is 0 Å². The molecular weight excluding hydrogens is 340 g/mol. The maximum Gasteiger partial charge on any atom is 0.125 e. The number of rotatable bonds is 6. The van der Waals surface area contributed by atoms with Gasteiger partial charge in [0.25, 0.3) is 0 Å². The van der Waals surface area contributed by atoms with E-state index in [1.54, 1.807) is 6.07 Å². The molecule has 6 nitrogen and oxygen atoms in total. The number of hydrogen-bond donors (Lipinski definition) is 5. The SMILES string of the molecule is CC(C)c1cc(C(N)Nc2ccc(CN3CCNCC3)cc2)c(O)cc1O. The predicted molar refractivity (Wildman–Crippen MR) is 109 cm³/mol. The Hall–Kier alpha value is -2.28. The summed E-state index contributed by atoms with van der Waals surface area (Å²) in [5.74, 6) is 0.226. The van der Waals surface area contributed by atoms with Gasteiger partial charge in [0.1, 0.15) is 17.7 Å². The molecule has 0 radical (unpaired) electrons. The molecule has 0 aliphatic carbocycles. The second kappa shape index (κ2) is 8.61. The average Bonchev–Trinajstić information content (AvgIpc) is 2.64. The van der Waals surface area contributed by atoms with Crippen LogP contribution in [0.4, 0.5) is 5.69 Å². The van der Waals surface area contributed by atoms with Crippen LogP contribution in [0.15, 0.2) is 36.4 Å². The number of nitrogens with zero attached hydrogens (tertiary/aromatic N) is 1. The van der Waals surface area contributed by atoms with Crippen LogP contribution in [0.1, 0.15) is 42.6 Å². The highest BCUT2D eigenvalue weighted by molar-refractivity contribution is 5.52. The van der Waals surface area contributed by atoms with Crippen LogP contribution in [-0.2, 0) is 6.54 Å². The third-order valence-corrected chi connectivity index (χ3v) is 5.02. The van der Waals surface area contributed by atoms with E-state index in [1.807, 2.05) is 26.0 Å². The zero-order valence-corrected chi connectivity index (χ0v) is 16.1. The summed E-state index contributed by atoms with van der Waals surface area (Å²) in [5, 5.41) is 26.8. The molecule has 0 saturated carbocycles. The van der Waals surface area contributed by atoms with Crippen LogP contribution in [0.2, 0.25) is 0 Å². The molecule has 1 aliphatic rings. The molecule has 1 atom stereocenters. The van der Waals surface area contributed by atoms with Gasteiger partial charge in [0.15, 0.2) is 0 Å². The zero-order chi connectivity index (χ0) is 19.4. The molecule has 1 aliphatic heterocycles. The van der Waals surface area contributed by atoms with Gasteiger partial charge in [0, 0.05) is 50.0 Å². The lowest BCUT2D eigenvalue weighted by Crippen LogP contribution is -2.42. The van der Waals surface area contributed by atoms with Gasteiger partial charge in [0.2, 0.25) is 0 Å². The summed E-state index contributed by atoms with van der Waals surface area (Å²) in [6.07, 6.45) is -0.567. The lowest BCUT2D eigenvalue weighted by atomic mass is 9.98. The Kier molecular flexibility index (Phi) is 6.21. The van der Waals surface area contributed by atoms with Crippen LogP contribution >= 0.6 is 0 Å². The maximum absolute atomic E-state index is 10.2. The van der Waals surface area contributed by atoms with Crippen molar-refractivity contribution in [2.75, 3.05) is 31.5 Å². The minimum Gasteiger partial charge on any atom is -0.508 e. The first-order valence-corrected chi connectivity index (χ1v) is 9.54. The van der Waals surface area contributed by atoms with E-state index in [9.17, 15) is 10.2 Å². The first kappa shape index (κ1) is 19.5. The minimum absolute atomic E-state index is 0.00720. The molecule has 0 amide bonds. The number of aromatic hydroxyl groups is 2. The molecule has 2 aromatic carbocycles. The number of anilines is 1. The van der Waals surface area contributed by atoms with Gasteiger partial charge < -0.3 is 26.6 Å². The van der Waals surface area contributed by atoms with Crippen LogP contribution in [-0.4, -0.2) is 41.3 Å². The van der Waals surface area contributed by atoms with Crippen molar-refractivity contribution in [3.8, 4) is 11.5 Å². The Morgan fingerprint density at radius 2 is 1.67 bits per heavy atom. The molecule has 1 fully saturated rings. The Balaban J connectivity index is 1.67. The van der Waals surface area contributed by atoms with E-state index < -0.39 is 6.17 Å². The lowest BCUT2D eigenvalue weighted by Gasteiger charge is -2.27. The third kappa shape index (κ3) is 4.91. The monoisotopic (exact) mass is 370 g/mol. The summed E-state index contributed by atoms with van der Waals surface area (Å²) in [6.45, 7) is 9.17. The topological polar surface area (TPSA) is 93.8 Å². The molecule has 0 aromatic heterocycles. The molecule has 146 valence electrons. The van der Waals surface area contributed by atoms with E-state index in [2.05, 4.69) is 27.7 Å². The van der Waals surface area contributed by atoms with Crippen molar-refractivity contribution >= 4 is 5.69 Å². The van der Waals surface area contributed by atoms with Gasteiger partial charge in [0.05, 0.1) is 0 Å². The smallest absolute Gasteiger partial charge is 0.125 e. The van der Waals surface area contributed by atoms with Crippen LogP contribution in [0.5, 0.6) is 11.5 Å². The van der Waals surface area contributed by atoms with Crippen molar-refractivity contribution in [2.24, 2.45) is 5.73 Å². The number of nitrogens with two attached hydrogens (primary N) is 1. The molecule has 6 heteroatoms. The van der Waals surface area contributed by atoms with E-state index in [4.69, 9.17) is 5.73 Å². The standard InChI is InChI=1S/C21H30N4O2/c1-14(2)17-11-18(20(27)12-19(17)26)21(22)24-16-5-3-15(4-6-16)13-25-9-7-23-8-10-25/h3-6,11-12,14,21,23-24,26-27H,7-10,13,22H2,1-2H3. The number of nitrogens with one attached hydrogen (secondary N) is 2. The number of phenolic OH excluding ortho intramolecular Hbond substituents is 2. The van der Waals surface area contributed by atoms with Crippen molar-refractivity contribution in [1.82, 2.24) is 10.2 Å². The molecule has 2 aromatic rings. The van der Waals surface area contributed by atoms with Gasteiger partial charge in [-0.1, -0.05) is 26.0 Å². The predicted octanol–water partition coefficient (Wildman–Crippen LogP) is 2.70. The fourth-order valence-corrected chi connectivity index (χ4v) is 3.41. The van der Waals surface area contributed by atoms with Crippen LogP contribution in [0.3, 0.4) is 0 Å². The molecule has 0 bridgehead atoms. The molecule has 0 spiro atoms. The summed E-state index contributed by atoms with van der Waals surface area (Å²) >= 11 is 0. The highest BCUT2D eigenvalue weighted by Crippen LogP contribution is 2.34. The number of piperazine rings is 1. The largest absolute Gasteiger partial charge is 0.508 e. The van der Waals surface area contributed by atoms with Crippen molar-refractivity contribution in [2.45, 2.75) is 32.5 Å². The van der Waals surface area contributed by atoms with Gasteiger partial charge in [-0.15, -0.1) is 0 Å². The van der Waals surface area contributed by atoms with Gasteiger partial charge in [-0.2, -0.15) is 0 Å². The van der Waals surface area contributed by atoms with Crippen LogP contribution < -0.4 is 16.4 Å². The first-order valence-electron chi connectivity index (χ1n) is 9.54. The molecular formula is C21H30N4O2. The van der Waals surface area contributed by atoms with Crippen molar-refractivity contribution < 1.29 is 10.2 Å². The van der Waals surface area contributed by atoms with E-state index in [1.165, 1.54) is 11.6 Å². The number of benzene rings is 2. The molecule has 3 rings (SSSR count). The summed E-state index contributed by atoms with van der Waals surface area (Å²) in [7, 11) is 0. The average molecular weight is 370 g/mol. The second-order valence-corrected chi connectivity index (χ2v) is 7.47. The normalized spacial score (nSPS) is 16.4. The summed E-state index contributed by atoms with van der Waals surface area (Å²) in [6, 6.07) is 11.4. The van der Waals surface area contributed by atoms with Gasteiger partial charge in [-0.25, -0.2) is 0 Å². The second-order valence-electron chi connectivity index (χ2n) is 7.47. The van der Waals surface area contributed by atoms with Crippen molar-refractivity contribution in [3.05, 3.63) is 53.1 Å². The van der Waals surface area contributed by atoms with Gasteiger partial charge in [-0.05, 0) is 35.2 Å². The quantitative estimate of drug-likeness (QED) is 0.502. The zero-order valence-electron chi connectivity index (χ0n) is 16.1. The molecule has 6 N–H and O–H groups in total. The number of phenols is 2. The number of hydrogen-bond acceptors (Lipinski definition) is 6. The minimum atomic E-state index is -0.567. The molecule has 1 unspecified atom stereocenters. The summed E-state index contributed by atoms with van der Waals surface area (Å²) in [4.78, 5) is 2.44. The summed E-state index contributed by atoms with van der Waals surface area (Å²) in [5.41, 5.74) is 9.77. The first-order chi connectivity index (χ1) is 12.9. The van der Waals surface area contributed by atoms with Gasteiger partial charge >= 0.3 is 0 Å². The Labute approximate surface area is 161 Å². The fraction of sp³-hybridized carbons (Fsp3) is 0.429. The van der Waals surface area contributed by atoms with E-state index in [0.29, 0.717) is 5.56 Å². The highest BCUT2D eigenvalue weighted by atomic mass is 16.3. The maximum atomic E-state index is 10.2. The van der Waals surface area contributed by atoms with Crippen LogP contribution in [0, 0.1) is 0 Å². The molecule has 27 heavy (non-hydrogen) atoms. The molecule has 1 saturated heterocycles. The fourth-order valence-electron chi connectivity index (χ4n) is 3.41. The van der Waals surface area contributed by atoms with Crippen molar-refractivity contribution in [1.29, 1.82) is 0 Å². The van der Waals surface area contributed by atoms with Gasteiger partial charge in [-0.3, -0.25) is 4.90 Å². The van der Waals surface area contributed by atoms with Crippen molar-refractivity contribution in [3.63, 3.8) is 0 Å². The Morgan fingerprint density at radius 1 is 1.04 bits per heavy atom. The highest BCUT2D eigenvalue weighted by Gasteiger charge is 2.17. The Bertz CT molecular complexity index is 756. The summed E-state index contributed by atoms with van der Waals surface area (Å²) < 4.78 is 0. The molecule has 1 heterocycles. The van der Waals surface area contributed by atoms with E-state index >= 15 is 0 Å².